The van der Waals surface area contributed by atoms with Crippen LogP contribution in [0.15, 0.2) is 23.2 Å². The van der Waals surface area contributed by atoms with Crippen LogP contribution in [0, 0.1) is 0 Å². The van der Waals surface area contributed by atoms with Crippen LogP contribution < -0.4 is 20.1 Å². The number of benzene rings is 1. The number of methoxy groups -OCH3 is 1. The van der Waals surface area contributed by atoms with Crippen LogP contribution >= 0.6 is 24.0 Å². The summed E-state index contributed by atoms with van der Waals surface area (Å²) < 4.78 is 40.5. The van der Waals surface area contributed by atoms with Crippen LogP contribution in [-0.2, 0) is 11.3 Å². The molecule has 1 heterocycles. The number of alkyl halides is 2. The molecule has 0 saturated carbocycles. The molecule has 0 aliphatic carbocycles. The van der Waals surface area contributed by atoms with E-state index >= 15 is 0 Å². The standard InChI is InChI=1S/C19H30F2N4O3.HI/c1-19(2,25-7-9-27-10-8-25)13-24-18(22-3)23-12-14-11-15(26-4)5-6-16(14)28-17(20)21;/h5-6,11,17H,7-10,12-13H2,1-4H3,(H2,22,23,24);1H. The first kappa shape index (κ1) is 25.6. The molecule has 1 saturated heterocycles. The minimum absolute atomic E-state index is 0. The van der Waals surface area contributed by atoms with Crippen molar-refractivity contribution in [1.29, 1.82) is 0 Å². The quantitative estimate of drug-likeness (QED) is 0.308. The number of halogens is 3. The number of nitrogens with one attached hydrogen (secondary N) is 2. The van der Waals surface area contributed by atoms with Gasteiger partial charge in [0.15, 0.2) is 5.96 Å². The van der Waals surface area contributed by atoms with Gasteiger partial charge in [0.25, 0.3) is 0 Å². The fourth-order valence-electron chi connectivity index (χ4n) is 3.01. The number of hydrogen-bond acceptors (Lipinski definition) is 5. The van der Waals surface area contributed by atoms with E-state index in [2.05, 4.69) is 39.1 Å². The second-order valence-electron chi connectivity index (χ2n) is 7.04. The second-order valence-corrected chi connectivity index (χ2v) is 7.04. The number of morpholine rings is 1. The summed E-state index contributed by atoms with van der Waals surface area (Å²) >= 11 is 0. The van der Waals surface area contributed by atoms with Gasteiger partial charge in [-0.1, -0.05) is 0 Å². The summed E-state index contributed by atoms with van der Waals surface area (Å²) in [4.78, 5) is 6.58. The largest absolute Gasteiger partial charge is 0.497 e. The molecule has 0 amide bonds. The highest BCUT2D eigenvalue weighted by Gasteiger charge is 2.28. The number of ether oxygens (including phenoxy) is 3. The van der Waals surface area contributed by atoms with Gasteiger partial charge >= 0.3 is 6.61 Å². The Morgan fingerprint density at radius 2 is 1.97 bits per heavy atom. The molecule has 7 nitrogen and oxygen atoms in total. The van der Waals surface area contributed by atoms with Gasteiger partial charge in [-0.3, -0.25) is 9.89 Å². The van der Waals surface area contributed by atoms with Crippen LogP contribution in [0.2, 0.25) is 0 Å². The average Bonchev–Trinajstić information content (AvgIpc) is 2.69. The van der Waals surface area contributed by atoms with Gasteiger partial charge < -0.3 is 24.8 Å². The Hall–Kier alpha value is -1.40. The van der Waals surface area contributed by atoms with Gasteiger partial charge in [-0.15, -0.1) is 24.0 Å². The molecule has 0 unspecified atom stereocenters. The Morgan fingerprint density at radius 3 is 2.55 bits per heavy atom. The highest BCUT2D eigenvalue weighted by molar-refractivity contribution is 14.0. The second kappa shape index (κ2) is 12.3. The smallest absolute Gasteiger partial charge is 0.387 e. The van der Waals surface area contributed by atoms with Crippen LogP contribution in [0.25, 0.3) is 0 Å². The van der Waals surface area contributed by atoms with Crippen molar-refractivity contribution in [3.63, 3.8) is 0 Å². The Kier molecular flexibility index (Phi) is 10.9. The van der Waals surface area contributed by atoms with E-state index in [1.54, 1.807) is 19.2 Å². The highest BCUT2D eigenvalue weighted by atomic mass is 127. The van der Waals surface area contributed by atoms with Crippen LogP contribution in [0.1, 0.15) is 19.4 Å². The van der Waals surface area contributed by atoms with E-state index < -0.39 is 6.61 Å². The molecule has 10 heteroatoms. The molecule has 2 rings (SSSR count). The summed E-state index contributed by atoms with van der Waals surface area (Å²) in [6, 6.07) is 4.72. The Balaban J connectivity index is 0.00000420. The maximum atomic E-state index is 12.7. The van der Waals surface area contributed by atoms with Crippen molar-refractivity contribution in [3.05, 3.63) is 23.8 Å². The Labute approximate surface area is 188 Å². The van der Waals surface area contributed by atoms with Crippen LogP contribution in [-0.4, -0.2) is 70.0 Å². The number of aliphatic imine (C=N–C) groups is 1. The van der Waals surface area contributed by atoms with Crippen molar-refractivity contribution in [2.24, 2.45) is 4.99 Å². The predicted octanol–water partition coefficient (Wildman–Crippen LogP) is 2.69. The maximum absolute atomic E-state index is 12.7. The molecule has 0 atom stereocenters. The summed E-state index contributed by atoms with van der Waals surface area (Å²) in [6.07, 6.45) is 0. The first-order valence-corrected chi connectivity index (χ1v) is 9.25. The summed E-state index contributed by atoms with van der Waals surface area (Å²) in [5, 5.41) is 6.44. The molecule has 1 aliphatic rings. The Morgan fingerprint density at radius 1 is 1.28 bits per heavy atom. The van der Waals surface area contributed by atoms with Crippen molar-refractivity contribution in [3.8, 4) is 11.5 Å². The molecule has 1 aromatic carbocycles. The fourth-order valence-corrected chi connectivity index (χ4v) is 3.01. The van der Waals surface area contributed by atoms with Crippen molar-refractivity contribution in [1.82, 2.24) is 15.5 Å². The van der Waals surface area contributed by atoms with Gasteiger partial charge in [0.1, 0.15) is 11.5 Å². The molecule has 1 aromatic rings. The van der Waals surface area contributed by atoms with Gasteiger partial charge in [0, 0.05) is 44.3 Å². The highest BCUT2D eigenvalue weighted by Crippen LogP contribution is 2.25. The normalized spacial score (nSPS) is 15.6. The van der Waals surface area contributed by atoms with Crippen LogP contribution in [0.5, 0.6) is 11.5 Å². The van der Waals surface area contributed by atoms with Crippen molar-refractivity contribution < 1.29 is 23.0 Å². The van der Waals surface area contributed by atoms with E-state index in [9.17, 15) is 8.78 Å². The van der Waals surface area contributed by atoms with Crippen LogP contribution in [0.3, 0.4) is 0 Å². The van der Waals surface area contributed by atoms with Gasteiger partial charge in [0.2, 0.25) is 0 Å². The van der Waals surface area contributed by atoms with E-state index in [-0.39, 0.29) is 41.8 Å². The van der Waals surface area contributed by atoms with E-state index in [0.717, 1.165) is 26.3 Å². The number of guanidine groups is 1. The number of rotatable bonds is 8. The Bertz CT molecular complexity index is 656. The summed E-state index contributed by atoms with van der Waals surface area (Å²) in [7, 11) is 3.19. The number of nitrogens with zero attached hydrogens (tertiary/aromatic N) is 2. The minimum atomic E-state index is -2.89. The molecule has 0 aromatic heterocycles. The zero-order valence-corrected chi connectivity index (χ0v) is 19.7. The monoisotopic (exact) mass is 528 g/mol. The molecule has 0 radical (unpaired) electrons. The summed E-state index contributed by atoms with van der Waals surface area (Å²) in [5.41, 5.74) is 0.469. The third-order valence-corrected chi connectivity index (χ3v) is 4.71. The lowest BCUT2D eigenvalue weighted by Gasteiger charge is -2.41. The first-order valence-electron chi connectivity index (χ1n) is 9.25. The van der Waals surface area contributed by atoms with Gasteiger partial charge in [-0.05, 0) is 32.0 Å². The minimum Gasteiger partial charge on any atom is -0.497 e. The zero-order valence-electron chi connectivity index (χ0n) is 17.3. The molecule has 1 aliphatic heterocycles. The predicted molar refractivity (Wildman–Crippen MR) is 120 cm³/mol. The van der Waals surface area contributed by atoms with Gasteiger partial charge in [-0.2, -0.15) is 8.78 Å². The average molecular weight is 528 g/mol. The van der Waals surface area contributed by atoms with Gasteiger partial charge in [-0.25, -0.2) is 0 Å². The lowest BCUT2D eigenvalue weighted by Crippen LogP contribution is -2.56. The van der Waals surface area contributed by atoms with E-state index in [1.165, 1.54) is 13.2 Å². The molecule has 0 spiro atoms. The van der Waals surface area contributed by atoms with Crippen molar-refractivity contribution in [2.75, 3.05) is 47.0 Å². The third-order valence-electron chi connectivity index (χ3n) is 4.71. The SMILES string of the molecule is CN=C(NCc1cc(OC)ccc1OC(F)F)NCC(C)(C)N1CCOCC1.I. The molecule has 29 heavy (non-hydrogen) atoms. The molecular weight excluding hydrogens is 497 g/mol. The van der Waals surface area contributed by atoms with Crippen molar-refractivity contribution >= 4 is 29.9 Å². The molecule has 166 valence electrons. The summed E-state index contributed by atoms with van der Waals surface area (Å²) in [5.74, 6) is 1.24. The molecule has 0 bridgehead atoms. The maximum Gasteiger partial charge on any atom is 0.387 e. The van der Waals surface area contributed by atoms with Crippen molar-refractivity contribution in [2.45, 2.75) is 32.5 Å². The summed E-state index contributed by atoms with van der Waals surface area (Å²) in [6.45, 7) is 5.61. The molecular formula is C19H31F2IN4O3. The third kappa shape index (κ3) is 8.09. The van der Waals surface area contributed by atoms with Crippen LogP contribution in [0.4, 0.5) is 8.78 Å². The lowest BCUT2D eigenvalue weighted by molar-refractivity contribution is -0.0505. The molecule has 2 N–H and O–H groups in total. The van der Waals surface area contributed by atoms with E-state index in [1.807, 2.05) is 0 Å². The fraction of sp³-hybridized carbons (Fsp3) is 0.632. The van der Waals surface area contributed by atoms with E-state index in [4.69, 9.17) is 9.47 Å². The topological polar surface area (TPSA) is 67.4 Å². The number of hydrogen-bond donors (Lipinski definition) is 2. The van der Waals surface area contributed by atoms with Gasteiger partial charge in [0.05, 0.1) is 20.3 Å². The lowest BCUT2D eigenvalue weighted by atomic mass is 10.0. The molecule has 1 fully saturated rings. The zero-order chi connectivity index (χ0) is 20.6. The van der Waals surface area contributed by atoms with E-state index in [0.29, 0.717) is 23.8 Å². The first-order chi connectivity index (χ1) is 13.4.